The second-order valence-corrected chi connectivity index (χ2v) is 7.25. The van der Waals surface area contributed by atoms with E-state index in [9.17, 15) is 4.79 Å². The lowest BCUT2D eigenvalue weighted by Gasteiger charge is -2.32. The minimum atomic E-state index is -0.213. The van der Waals surface area contributed by atoms with E-state index in [0.717, 1.165) is 37.7 Å². The number of nitrogens with one attached hydrogen (secondary N) is 2. The Morgan fingerprint density at radius 1 is 1.29 bits per heavy atom. The lowest BCUT2D eigenvalue weighted by molar-refractivity contribution is 0.0963. The monoisotopic (exact) mass is 388 g/mol. The average molecular weight is 389 g/mol. The number of hydrogen-bond donors (Lipinski definition) is 2. The van der Waals surface area contributed by atoms with Gasteiger partial charge in [-0.2, -0.15) is 0 Å². The van der Waals surface area contributed by atoms with Gasteiger partial charge in [0.1, 0.15) is 5.82 Å². The van der Waals surface area contributed by atoms with E-state index >= 15 is 0 Å². The number of anilines is 1. The number of aromatic nitrogens is 1. The molecule has 0 aliphatic carbocycles. The Balaban J connectivity index is 1.45. The quantitative estimate of drug-likeness (QED) is 0.593. The first-order valence-electron chi connectivity index (χ1n) is 10.3. The van der Waals surface area contributed by atoms with E-state index in [1.165, 1.54) is 18.4 Å². The van der Waals surface area contributed by atoms with E-state index in [-0.39, 0.29) is 6.09 Å². The summed E-state index contributed by atoms with van der Waals surface area (Å²) in [6.07, 6.45) is 5.93. The number of ether oxygens (including phenoxy) is 1. The molecule has 0 bridgehead atoms. The minimum absolute atomic E-state index is 0.213. The van der Waals surface area contributed by atoms with Gasteiger partial charge in [-0.15, -0.1) is 0 Å². The summed E-state index contributed by atoms with van der Waals surface area (Å²) in [5, 5.41) is 6.86. The van der Waals surface area contributed by atoms with Crippen LogP contribution >= 0.6 is 0 Å². The molecule has 2 saturated heterocycles. The summed E-state index contributed by atoms with van der Waals surface area (Å²) in [6.45, 7) is 6.55. The van der Waals surface area contributed by atoms with Crippen LogP contribution in [-0.2, 0) is 11.3 Å². The first-order chi connectivity index (χ1) is 13.7. The summed E-state index contributed by atoms with van der Waals surface area (Å²) >= 11 is 0. The van der Waals surface area contributed by atoms with Gasteiger partial charge in [0.2, 0.25) is 0 Å². The summed E-state index contributed by atoms with van der Waals surface area (Å²) in [5.41, 5.74) is 1.19. The maximum absolute atomic E-state index is 11.8. The molecule has 8 nitrogen and oxygen atoms in total. The number of pyridine rings is 1. The smallest absolute Gasteiger partial charge is 0.409 e. The molecule has 0 unspecified atom stereocenters. The number of guanidine groups is 1. The van der Waals surface area contributed by atoms with Crippen molar-refractivity contribution in [2.45, 2.75) is 45.2 Å². The highest BCUT2D eigenvalue weighted by atomic mass is 16.6. The summed E-state index contributed by atoms with van der Waals surface area (Å²) in [6, 6.07) is 4.50. The molecule has 3 rings (SSSR count). The Kier molecular flexibility index (Phi) is 7.33. The van der Waals surface area contributed by atoms with Gasteiger partial charge < -0.3 is 25.2 Å². The van der Waals surface area contributed by atoms with Crippen LogP contribution in [0.25, 0.3) is 0 Å². The molecule has 0 spiro atoms. The molecule has 8 heteroatoms. The molecule has 2 aliphatic rings. The molecule has 2 aliphatic heterocycles. The highest BCUT2D eigenvalue weighted by Crippen LogP contribution is 2.18. The number of likely N-dealkylation sites (tertiary alicyclic amines) is 1. The zero-order valence-corrected chi connectivity index (χ0v) is 17.0. The predicted octanol–water partition coefficient (Wildman–Crippen LogP) is 1.97. The largest absolute Gasteiger partial charge is 0.450 e. The van der Waals surface area contributed by atoms with E-state index in [1.807, 2.05) is 19.2 Å². The number of nitrogens with zero attached hydrogens (tertiary/aromatic N) is 4. The van der Waals surface area contributed by atoms with Gasteiger partial charge in [-0.3, -0.25) is 4.99 Å². The predicted molar refractivity (Wildman–Crippen MR) is 111 cm³/mol. The zero-order valence-electron chi connectivity index (χ0n) is 17.0. The lowest BCUT2D eigenvalue weighted by Crippen LogP contribution is -2.49. The molecule has 0 radical (unpaired) electrons. The third-order valence-electron chi connectivity index (χ3n) is 5.29. The van der Waals surface area contributed by atoms with Crippen molar-refractivity contribution < 1.29 is 9.53 Å². The molecule has 0 saturated carbocycles. The van der Waals surface area contributed by atoms with Crippen molar-refractivity contribution >= 4 is 17.9 Å². The van der Waals surface area contributed by atoms with Gasteiger partial charge in [0.15, 0.2) is 5.96 Å². The topological polar surface area (TPSA) is 82.1 Å². The van der Waals surface area contributed by atoms with Gasteiger partial charge in [0.05, 0.1) is 6.61 Å². The van der Waals surface area contributed by atoms with Crippen LogP contribution in [0.5, 0.6) is 0 Å². The Bertz CT molecular complexity index is 666. The van der Waals surface area contributed by atoms with Crippen molar-refractivity contribution in [2.24, 2.45) is 4.99 Å². The Hall–Kier alpha value is -2.51. The highest BCUT2D eigenvalue weighted by molar-refractivity contribution is 5.80. The first kappa shape index (κ1) is 20.2. The molecule has 1 aromatic heterocycles. The molecule has 3 heterocycles. The number of aliphatic imine (C=N–C) groups is 1. The summed E-state index contributed by atoms with van der Waals surface area (Å²) in [4.78, 5) is 24.8. The van der Waals surface area contributed by atoms with Crippen molar-refractivity contribution in [3.8, 4) is 0 Å². The van der Waals surface area contributed by atoms with E-state index in [0.29, 0.717) is 32.3 Å². The molecular formula is C20H32N6O2. The van der Waals surface area contributed by atoms with Crippen molar-refractivity contribution in [1.29, 1.82) is 0 Å². The molecular weight excluding hydrogens is 356 g/mol. The highest BCUT2D eigenvalue weighted by Gasteiger charge is 2.24. The standard InChI is InChI=1S/C20H32N6O2/c1-3-28-20(27)26-12-7-17(8-13-26)24-19(21-2)23-15-16-6-9-22-18(14-16)25-10-4-5-11-25/h6,9,14,17H,3-5,7-8,10-13,15H2,1-2H3,(H2,21,23,24). The summed E-state index contributed by atoms with van der Waals surface area (Å²) in [7, 11) is 1.78. The number of piperidine rings is 1. The molecule has 0 atom stereocenters. The van der Waals surface area contributed by atoms with Crippen molar-refractivity contribution in [1.82, 2.24) is 20.5 Å². The Labute approximate surface area is 167 Å². The summed E-state index contributed by atoms with van der Waals surface area (Å²) < 4.78 is 5.07. The van der Waals surface area contributed by atoms with Crippen LogP contribution in [0.15, 0.2) is 23.3 Å². The lowest BCUT2D eigenvalue weighted by atomic mass is 10.1. The zero-order chi connectivity index (χ0) is 19.8. The number of carbonyl (C=O) groups is 1. The van der Waals surface area contributed by atoms with Crippen molar-refractivity contribution in [3.05, 3.63) is 23.9 Å². The maximum Gasteiger partial charge on any atom is 0.409 e. The van der Waals surface area contributed by atoms with Crippen LogP contribution < -0.4 is 15.5 Å². The first-order valence-corrected chi connectivity index (χ1v) is 10.3. The van der Waals surface area contributed by atoms with Gasteiger partial charge in [0.25, 0.3) is 0 Å². The van der Waals surface area contributed by atoms with E-state index < -0.39 is 0 Å². The normalized spacial score (nSPS) is 18.3. The van der Waals surface area contributed by atoms with Crippen LogP contribution in [0.2, 0.25) is 0 Å². The Morgan fingerprint density at radius 2 is 2.04 bits per heavy atom. The van der Waals surface area contributed by atoms with Gasteiger partial charge >= 0.3 is 6.09 Å². The van der Waals surface area contributed by atoms with Gasteiger partial charge in [-0.25, -0.2) is 9.78 Å². The fourth-order valence-electron chi connectivity index (χ4n) is 3.68. The molecule has 2 fully saturated rings. The van der Waals surface area contributed by atoms with Crippen LogP contribution in [-0.4, -0.2) is 67.8 Å². The minimum Gasteiger partial charge on any atom is -0.450 e. The van der Waals surface area contributed by atoms with Crippen molar-refractivity contribution in [3.63, 3.8) is 0 Å². The number of rotatable bonds is 5. The fraction of sp³-hybridized carbons (Fsp3) is 0.650. The van der Waals surface area contributed by atoms with Crippen LogP contribution in [0.1, 0.15) is 38.2 Å². The van der Waals surface area contributed by atoms with Crippen LogP contribution in [0.4, 0.5) is 10.6 Å². The Morgan fingerprint density at radius 3 is 2.71 bits per heavy atom. The third kappa shape index (κ3) is 5.50. The molecule has 154 valence electrons. The number of hydrogen-bond acceptors (Lipinski definition) is 5. The second-order valence-electron chi connectivity index (χ2n) is 7.25. The molecule has 1 amide bonds. The van der Waals surface area contributed by atoms with Crippen molar-refractivity contribution in [2.75, 3.05) is 44.7 Å². The van der Waals surface area contributed by atoms with E-state index in [2.05, 4.69) is 31.6 Å². The van der Waals surface area contributed by atoms with Crippen LogP contribution in [0.3, 0.4) is 0 Å². The third-order valence-corrected chi connectivity index (χ3v) is 5.29. The molecule has 0 aromatic carbocycles. The van der Waals surface area contributed by atoms with Gasteiger partial charge in [-0.1, -0.05) is 0 Å². The fourth-order valence-corrected chi connectivity index (χ4v) is 3.68. The van der Waals surface area contributed by atoms with E-state index in [4.69, 9.17) is 4.74 Å². The van der Waals surface area contributed by atoms with Crippen LogP contribution in [0, 0.1) is 0 Å². The van der Waals surface area contributed by atoms with E-state index in [1.54, 1.807) is 11.9 Å². The molecule has 28 heavy (non-hydrogen) atoms. The molecule has 1 aromatic rings. The second kappa shape index (κ2) is 10.1. The molecule has 2 N–H and O–H groups in total. The van der Waals surface area contributed by atoms with Gasteiger partial charge in [0, 0.05) is 52.0 Å². The van der Waals surface area contributed by atoms with Gasteiger partial charge in [-0.05, 0) is 50.3 Å². The number of carbonyl (C=O) groups excluding carboxylic acids is 1. The maximum atomic E-state index is 11.8. The average Bonchev–Trinajstić information content (AvgIpc) is 3.27. The number of amides is 1. The SMILES string of the molecule is CCOC(=O)N1CCC(NC(=NC)NCc2ccnc(N3CCCC3)c2)CC1. The summed E-state index contributed by atoms with van der Waals surface area (Å²) in [5.74, 6) is 1.85.